The fourth-order valence-electron chi connectivity index (χ4n) is 1.20. The Hall–Kier alpha value is 0.600. The van der Waals surface area contributed by atoms with Gasteiger partial charge in [0.2, 0.25) is 0 Å². The summed E-state index contributed by atoms with van der Waals surface area (Å²) in [5.41, 5.74) is 1.52. The second-order valence-corrected chi connectivity index (χ2v) is 4.60. The molecule has 88 valence electrons. The molecule has 4 nitrogen and oxygen atoms in total. The molecule has 0 saturated heterocycles. The fraction of sp³-hybridized carbons (Fsp3) is 0.300. The van der Waals surface area contributed by atoms with E-state index in [4.69, 9.17) is 0 Å². The van der Waals surface area contributed by atoms with Gasteiger partial charge in [0.15, 0.2) is 5.78 Å². The van der Waals surface area contributed by atoms with Gasteiger partial charge in [-0.2, -0.15) is 4.33 Å². The zero-order valence-electron chi connectivity index (χ0n) is 9.57. The Morgan fingerprint density at radius 1 is 1.53 bits per heavy atom. The van der Waals surface area contributed by atoms with Crippen molar-refractivity contribution in [2.45, 2.75) is 18.2 Å². The minimum atomic E-state index is 0. The minimum absolute atomic E-state index is 0. The summed E-state index contributed by atoms with van der Waals surface area (Å²) < 4.78 is 4.22. The van der Waals surface area contributed by atoms with Crippen LogP contribution in [0, 0.1) is 6.92 Å². The molecule has 0 amide bonds. The molecule has 7 heteroatoms. The quantitative estimate of drug-likeness (QED) is 0.171. The number of rotatable bonds is 6. The van der Waals surface area contributed by atoms with Crippen LogP contribution in [0.2, 0.25) is 0 Å². The summed E-state index contributed by atoms with van der Waals surface area (Å²) in [6.45, 7) is 1.83. The number of aryl methyl sites for hydroxylation is 1. The number of halogens is 1. The van der Waals surface area contributed by atoms with Crippen molar-refractivity contribution in [1.29, 1.82) is 0 Å². The normalized spacial score (nSPS) is 9.82. The van der Waals surface area contributed by atoms with Crippen LogP contribution in [0.4, 0.5) is 0 Å². The van der Waals surface area contributed by atoms with Crippen molar-refractivity contribution in [3.8, 4) is 0 Å². The van der Waals surface area contributed by atoms with Gasteiger partial charge in [0.05, 0.1) is 12.0 Å². The molecular weight excluding hydrogens is 319 g/mol. The molecule has 17 heavy (non-hydrogen) atoms. The predicted octanol–water partition coefficient (Wildman–Crippen LogP) is -0.803. The number of benzene rings is 1. The molecule has 0 unspecified atom stereocenters. The standard InChI is InChI=1S/C10H11BrO4S.Na/c1-7-6-8(9(12)4-5-11)2-3-10(7)16-15-14-13;/h2-3,6,13H,4-5H2,1H3;/q;+1/p-1. The van der Waals surface area contributed by atoms with Crippen molar-refractivity contribution in [3.05, 3.63) is 29.3 Å². The maximum absolute atomic E-state index is 11.6. The Bertz CT molecular complexity index is 375. The van der Waals surface area contributed by atoms with Crippen LogP contribution in [0.15, 0.2) is 23.1 Å². The molecule has 0 aliphatic carbocycles. The Kier molecular flexibility index (Phi) is 9.86. The first kappa shape index (κ1) is 17.6. The van der Waals surface area contributed by atoms with E-state index in [1.54, 1.807) is 18.2 Å². The van der Waals surface area contributed by atoms with Crippen molar-refractivity contribution in [2.75, 3.05) is 5.33 Å². The molecule has 1 aromatic rings. The van der Waals surface area contributed by atoms with Gasteiger partial charge in [-0.1, -0.05) is 22.0 Å². The molecule has 0 aliphatic heterocycles. The molecule has 0 spiro atoms. The topological polar surface area (TPSA) is 58.6 Å². The summed E-state index contributed by atoms with van der Waals surface area (Å²) in [6, 6.07) is 5.19. The summed E-state index contributed by atoms with van der Waals surface area (Å²) in [7, 11) is 0. The largest absolute Gasteiger partial charge is 1.00 e. The van der Waals surface area contributed by atoms with Gasteiger partial charge in [-0.15, -0.1) is 0 Å². The van der Waals surface area contributed by atoms with E-state index >= 15 is 0 Å². The SMILES string of the molecule is Cc1cc(C(=O)CCBr)ccc1SOO[O-].[Na+]. The maximum Gasteiger partial charge on any atom is 1.00 e. The molecule has 0 N–H and O–H groups in total. The fourth-order valence-corrected chi connectivity index (χ4v) is 1.97. The first-order valence-electron chi connectivity index (χ1n) is 4.52. The Morgan fingerprint density at radius 3 is 2.76 bits per heavy atom. The molecule has 0 aromatic heterocycles. The van der Waals surface area contributed by atoms with E-state index in [1.165, 1.54) is 0 Å². The second-order valence-electron chi connectivity index (χ2n) is 3.06. The number of carbonyl (C=O) groups excluding carboxylic acids is 1. The third-order valence-corrected chi connectivity index (χ3v) is 3.13. The summed E-state index contributed by atoms with van der Waals surface area (Å²) in [5, 5.41) is 13.6. The number of carbonyl (C=O) groups is 1. The third-order valence-electron chi connectivity index (χ3n) is 1.97. The van der Waals surface area contributed by atoms with Gasteiger partial charge in [0, 0.05) is 22.2 Å². The van der Waals surface area contributed by atoms with Crippen molar-refractivity contribution in [1.82, 2.24) is 0 Å². The number of hydrogen-bond donors (Lipinski definition) is 0. The summed E-state index contributed by atoms with van der Waals surface area (Å²) in [6.07, 6.45) is 0.464. The average Bonchev–Trinajstić information content (AvgIpc) is 2.27. The monoisotopic (exact) mass is 328 g/mol. The molecule has 1 rings (SSSR count). The van der Waals surface area contributed by atoms with Crippen LogP contribution in [0.25, 0.3) is 0 Å². The van der Waals surface area contributed by atoms with Crippen molar-refractivity contribution >= 4 is 33.8 Å². The maximum atomic E-state index is 11.6. The van der Waals surface area contributed by atoms with Gasteiger partial charge < -0.3 is 5.26 Å². The van der Waals surface area contributed by atoms with E-state index in [0.717, 1.165) is 22.5 Å². The van der Waals surface area contributed by atoms with Gasteiger partial charge in [-0.05, 0) is 24.6 Å². The van der Waals surface area contributed by atoms with Gasteiger partial charge >= 0.3 is 29.6 Å². The van der Waals surface area contributed by atoms with Crippen LogP contribution in [-0.2, 0) is 9.37 Å². The minimum Gasteiger partial charge on any atom is -0.691 e. The molecule has 0 bridgehead atoms. The van der Waals surface area contributed by atoms with Crippen LogP contribution in [0.1, 0.15) is 22.3 Å². The van der Waals surface area contributed by atoms with Crippen molar-refractivity contribution in [2.24, 2.45) is 0 Å². The van der Waals surface area contributed by atoms with E-state index in [9.17, 15) is 10.1 Å². The van der Waals surface area contributed by atoms with Gasteiger partial charge in [-0.3, -0.25) is 9.83 Å². The molecule has 0 heterocycles. The number of alkyl halides is 1. The molecule has 0 fully saturated rings. The van der Waals surface area contributed by atoms with Gasteiger partial charge in [0.1, 0.15) is 0 Å². The Balaban J connectivity index is 0.00000256. The number of Topliss-reactive ketones (excluding diaryl/α,β-unsaturated/α-hetero) is 1. The molecule has 0 atom stereocenters. The van der Waals surface area contributed by atoms with Crippen molar-refractivity contribution in [3.63, 3.8) is 0 Å². The van der Waals surface area contributed by atoms with Crippen molar-refractivity contribution < 1.29 is 49.0 Å². The average molecular weight is 329 g/mol. The first-order valence-corrected chi connectivity index (χ1v) is 6.38. The summed E-state index contributed by atoms with van der Waals surface area (Å²) in [5.74, 6) is 0.0810. The van der Waals surface area contributed by atoms with Crippen LogP contribution in [-0.4, -0.2) is 11.1 Å². The van der Waals surface area contributed by atoms with E-state index in [2.05, 4.69) is 25.3 Å². The Morgan fingerprint density at radius 2 is 2.24 bits per heavy atom. The zero-order chi connectivity index (χ0) is 12.0. The van der Waals surface area contributed by atoms with Gasteiger partial charge in [-0.25, -0.2) is 0 Å². The van der Waals surface area contributed by atoms with Gasteiger partial charge in [0.25, 0.3) is 0 Å². The third kappa shape index (κ3) is 5.85. The number of hydrogen-bond acceptors (Lipinski definition) is 5. The predicted molar refractivity (Wildman–Crippen MR) is 61.9 cm³/mol. The van der Waals surface area contributed by atoms with E-state index < -0.39 is 0 Å². The number of ketones is 1. The smallest absolute Gasteiger partial charge is 0.691 e. The van der Waals surface area contributed by atoms with E-state index in [1.807, 2.05) is 6.92 Å². The molecule has 0 aliphatic rings. The summed E-state index contributed by atoms with van der Waals surface area (Å²) >= 11 is 4.04. The molecule has 0 saturated carbocycles. The summed E-state index contributed by atoms with van der Waals surface area (Å²) in [4.78, 5) is 12.3. The molecule has 0 radical (unpaired) electrons. The van der Waals surface area contributed by atoms with Crippen LogP contribution < -0.4 is 34.8 Å². The Labute approximate surface area is 135 Å². The van der Waals surface area contributed by atoms with Crippen LogP contribution in [0.5, 0.6) is 0 Å². The molecular formula is C10H10BrNaO4S. The van der Waals surface area contributed by atoms with E-state index in [0.29, 0.717) is 17.3 Å². The molecule has 1 aromatic carbocycles. The second kappa shape index (κ2) is 9.52. The van der Waals surface area contributed by atoms with Crippen LogP contribution >= 0.6 is 28.0 Å². The zero-order valence-corrected chi connectivity index (χ0v) is 14.0. The van der Waals surface area contributed by atoms with Crippen LogP contribution in [0.3, 0.4) is 0 Å². The first-order chi connectivity index (χ1) is 7.69. The van der Waals surface area contributed by atoms with E-state index in [-0.39, 0.29) is 35.3 Å².